The van der Waals surface area contributed by atoms with Gasteiger partial charge in [0.1, 0.15) is 16.8 Å². The van der Waals surface area contributed by atoms with E-state index >= 15 is 0 Å². The third-order valence-corrected chi connectivity index (χ3v) is 6.25. The summed E-state index contributed by atoms with van der Waals surface area (Å²) in [6, 6.07) is 11.1. The predicted octanol–water partition coefficient (Wildman–Crippen LogP) is 2.00. The maximum absolute atomic E-state index is 12.0. The Morgan fingerprint density at radius 2 is 1.97 bits per heavy atom. The molecule has 0 aliphatic carbocycles. The number of hydrogen-bond acceptors (Lipinski definition) is 8. The minimum absolute atomic E-state index is 0.159. The molecule has 2 aromatic carbocycles. The summed E-state index contributed by atoms with van der Waals surface area (Å²) in [5, 5.41) is 9.71. The number of rotatable bonds is 8. The number of guanidine groups is 1. The molecule has 9 heteroatoms. The molecule has 1 heterocycles. The largest absolute Gasteiger partial charge is 0.495 e. The molecule has 0 saturated heterocycles. The molecule has 0 aromatic heterocycles. The van der Waals surface area contributed by atoms with Crippen molar-refractivity contribution in [1.82, 2.24) is 10.6 Å². The highest BCUT2D eigenvalue weighted by Crippen LogP contribution is 2.27. The average molecular weight is 444 g/mol. The summed E-state index contributed by atoms with van der Waals surface area (Å²) in [4.78, 5) is 4.61. The zero-order valence-corrected chi connectivity index (χ0v) is 19.0. The SMILES string of the molecule is COc1ccc(NCCNC2C=C(c3cccc(C)c3C)N=C(N)N2)cc1S(C)(=O)=O. The van der Waals surface area contributed by atoms with Crippen LogP contribution in [0.15, 0.2) is 52.4 Å². The van der Waals surface area contributed by atoms with Gasteiger partial charge in [-0.05, 0) is 49.2 Å². The smallest absolute Gasteiger partial charge is 0.195 e. The molecule has 0 fully saturated rings. The number of ether oxygens (including phenoxy) is 1. The fourth-order valence-electron chi connectivity index (χ4n) is 3.36. The molecule has 1 unspecified atom stereocenters. The Kier molecular flexibility index (Phi) is 6.87. The van der Waals surface area contributed by atoms with E-state index in [9.17, 15) is 8.42 Å². The molecular formula is C22H29N5O3S. The third kappa shape index (κ3) is 5.56. The number of nitrogens with zero attached hydrogens (tertiary/aromatic N) is 1. The average Bonchev–Trinajstić information content (AvgIpc) is 2.72. The summed E-state index contributed by atoms with van der Waals surface area (Å²) in [7, 11) is -1.93. The first-order valence-corrected chi connectivity index (χ1v) is 11.8. The first-order chi connectivity index (χ1) is 14.7. The Labute approximate surface area is 183 Å². The lowest BCUT2D eigenvalue weighted by atomic mass is 10.00. The van der Waals surface area contributed by atoms with Crippen molar-refractivity contribution in [2.75, 3.05) is 31.8 Å². The number of hydrogen-bond donors (Lipinski definition) is 4. The number of nitrogens with one attached hydrogen (secondary N) is 3. The highest BCUT2D eigenvalue weighted by atomic mass is 32.2. The summed E-state index contributed by atoms with van der Waals surface area (Å²) in [6.45, 7) is 5.34. The second-order valence-corrected chi connectivity index (χ2v) is 9.42. The Balaban J connectivity index is 1.63. The van der Waals surface area contributed by atoms with E-state index in [1.807, 2.05) is 18.2 Å². The van der Waals surface area contributed by atoms with Crippen LogP contribution in [-0.4, -0.2) is 47.0 Å². The van der Waals surface area contributed by atoms with Gasteiger partial charge >= 0.3 is 0 Å². The van der Waals surface area contributed by atoms with E-state index in [0.717, 1.165) is 17.5 Å². The first-order valence-electron chi connectivity index (χ1n) is 9.93. The van der Waals surface area contributed by atoms with Crippen molar-refractivity contribution in [2.45, 2.75) is 24.9 Å². The van der Waals surface area contributed by atoms with Gasteiger partial charge in [0.2, 0.25) is 0 Å². The molecule has 0 amide bonds. The van der Waals surface area contributed by atoms with E-state index in [2.05, 4.69) is 40.9 Å². The first kappa shape index (κ1) is 22.6. The van der Waals surface area contributed by atoms with Crippen LogP contribution in [0.2, 0.25) is 0 Å². The second-order valence-electron chi connectivity index (χ2n) is 7.44. The van der Waals surface area contributed by atoms with Crippen molar-refractivity contribution < 1.29 is 13.2 Å². The van der Waals surface area contributed by atoms with E-state index in [0.29, 0.717) is 30.5 Å². The molecule has 0 spiro atoms. The Hall–Kier alpha value is -3.04. The number of aliphatic imine (C=N–C) groups is 1. The molecule has 166 valence electrons. The summed E-state index contributed by atoms with van der Waals surface area (Å²) in [5.41, 5.74) is 11.0. The molecule has 3 rings (SSSR count). The van der Waals surface area contributed by atoms with Gasteiger partial charge in [-0.15, -0.1) is 0 Å². The van der Waals surface area contributed by atoms with Gasteiger partial charge in [0.15, 0.2) is 15.8 Å². The number of methoxy groups -OCH3 is 1. The van der Waals surface area contributed by atoms with Crippen LogP contribution in [0.25, 0.3) is 5.70 Å². The molecule has 1 aliphatic heterocycles. The molecule has 0 radical (unpaired) electrons. The minimum atomic E-state index is -3.39. The van der Waals surface area contributed by atoms with Crippen molar-refractivity contribution in [3.63, 3.8) is 0 Å². The molecule has 8 nitrogen and oxygen atoms in total. The molecule has 2 aromatic rings. The maximum atomic E-state index is 12.0. The molecule has 0 saturated carbocycles. The van der Waals surface area contributed by atoms with Crippen LogP contribution in [0.3, 0.4) is 0 Å². The van der Waals surface area contributed by atoms with Gasteiger partial charge in [-0.2, -0.15) is 0 Å². The molecule has 5 N–H and O–H groups in total. The number of benzene rings is 2. The van der Waals surface area contributed by atoms with E-state index in [1.165, 1.54) is 18.2 Å². The minimum Gasteiger partial charge on any atom is -0.495 e. The Morgan fingerprint density at radius 1 is 1.19 bits per heavy atom. The highest BCUT2D eigenvalue weighted by molar-refractivity contribution is 7.90. The van der Waals surface area contributed by atoms with Crippen LogP contribution in [0.1, 0.15) is 16.7 Å². The predicted molar refractivity (Wildman–Crippen MR) is 125 cm³/mol. The summed E-state index contributed by atoms with van der Waals surface area (Å²) < 4.78 is 29.1. The maximum Gasteiger partial charge on any atom is 0.195 e. The molecular weight excluding hydrogens is 414 g/mol. The number of anilines is 1. The van der Waals surface area contributed by atoms with Crippen molar-refractivity contribution in [3.8, 4) is 5.75 Å². The lowest BCUT2D eigenvalue weighted by Crippen LogP contribution is -2.50. The van der Waals surface area contributed by atoms with Crippen molar-refractivity contribution in [3.05, 3.63) is 59.2 Å². The van der Waals surface area contributed by atoms with Crippen LogP contribution < -0.4 is 26.4 Å². The number of nitrogens with two attached hydrogens (primary N) is 1. The quantitative estimate of drug-likeness (QED) is 0.461. The van der Waals surface area contributed by atoms with Gasteiger partial charge in [0, 0.05) is 30.6 Å². The van der Waals surface area contributed by atoms with Crippen LogP contribution in [0.5, 0.6) is 5.75 Å². The van der Waals surface area contributed by atoms with Gasteiger partial charge in [-0.25, -0.2) is 13.4 Å². The van der Waals surface area contributed by atoms with Gasteiger partial charge in [0.05, 0.1) is 12.8 Å². The number of sulfone groups is 1. The third-order valence-electron chi connectivity index (χ3n) is 5.13. The normalized spacial score (nSPS) is 16.2. The van der Waals surface area contributed by atoms with Crippen LogP contribution in [0.4, 0.5) is 5.69 Å². The van der Waals surface area contributed by atoms with Gasteiger partial charge < -0.3 is 21.1 Å². The number of aryl methyl sites for hydroxylation is 1. The second kappa shape index (κ2) is 9.40. The molecule has 0 bridgehead atoms. The zero-order chi connectivity index (χ0) is 22.6. The van der Waals surface area contributed by atoms with Crippen LogP contribution >= 0.6 is 0 Å². The lowest BCUT2D eigenvalue weighted by Gasteiger charge is -2.23. The molecule has 31 heavy (non-hydrogen) atoms. The lowest BCUT2D eigenvalue weighted by molar-refractivity contribution is 0.403. The molecule has 1 atom stereocenters. The van der Waals surface area contributed by atoms with Gasteiger partial charge in [-0.3, -0.25) is 5.32 Å². The fraction of sp³-hybridized carbons (Fsp3) is 0.318. The molecule has 1 aliphatic rings. The Bertz CT molecular complexity index is 1130. The van der Waals surface area contributed by atoms with E-state index < -0.39 is 9.84 Å². The summed E-state index contributed by atoms with van der Waals surface area (Å²) in [5.74, 6) is 0.688. The highest BCUT2D eigenvalue weighted by Gasteiger charge is 2.17. The van der Waals surface area contributed by atoms with Crippen LogP contribution in [0, 0.1) is 13.8 Å². The fourth-order valence-corrected chi connectivity index (χ4v) is 4.22. The zero-order valence-electron chi connectivity index (χ0n) is 18.2. The van der Waals surface area contributed by atoms with Gasteiger partial charge in [0.25, 0.3) is 0 Å². The Morgan fingerprint density at radius 3 is 2.68 bits per heavy atom. The van der Waals surface area contributed by atoms with Crippen molar-refractivity contribution >= 4 is 27.2 Å². The van der Waals surface area contributed by atoms with Crippen LogP contribution in [-0.2, 0) is 9.84 Å². The van der Waals surface area contributed by atoms with Crippen molar-refractivity contribution in [2.24, 2.45) is 10.7 Å². The summed E-state index contributed by atoms with van der Waals surface area (Å²) >= 11 is 0. The van der Waals surface area contributed by atoms with E-state index in [1.54, 1.807) is 18.2 Å². The van der Waals surface area contributed by atoms with E-state index in [-0.39, 0.29) is 11.1 Å². The summed E-state index contributed by atoms with van der Waals surface area (Å²) in [6.07, 6.45) is 3.00. The van der Waals surface area contributed by atoms with E-state index in [4.69, 9.17) is 10.5 Å². The topological polar surface area (TPSA) is 118 Å². The standard InChI is InChI=1S/C22H29N5O3S/c1-14-6-5-7-17(15(14)2)18-13-21(27-22(23)26-18)25-11-10-24-16-8-9-19(30-3)20(12-16)31(4,28)29/h5-9,12-13,21,24-25H,10-11H2,1-4H3,(H3,23,26,27). The monoisotopic (exact) mass is 443 g/mol. The van der Waals surface area contributed by atoms with Crippen molar-refractivity contribution in [1.29, 1.82) is 0 Å². The van der Waals surface area contributed by atoms with Gasteiger partial charge in [-0.1, -0.05) is 18.2 Å².